The number of fused-ring (bicyclic) bond motifs is 1. The fourth-order valence-electron chi connectivity index (χ4n) is 1.53. The monoisotopic (exact) mass is 266 g/mol. The Hall–Kier alpha value is -1.20. The van der Waals surface area contributed by atoms with Crippen LogP contribution in [0.3, 0.4) is 0 Å². The van der Waals surface area contributed by atoms with Crippen molar-refractivity contribution in [1.82, 2.24) is 9.97 Å². The number of halogens is 1. The maximum Gasteiger partial charge on any atom is 0.151 e. The second-order valence-corrected chi connectivity index (χ2v) is 4.19. The summed E-state index contributed by atoms with van der Waals surface area (Å²) in [6, 6.07) is 3.91. The molecule has 1 aromatic heterocycles. The maximum absolute atomic E-state index is 5.42. The van der Waals surface area contributed by atoms with Crippen LogP contribution >= 0.6 is 15.9 Å². The van der Waals surface area contributed by atoms with Gasteiger partial charge in [-0.25, -0.2) is 15.8 Å². The van der Waals surface area contributed by atoms with Crippen molar-refractivity contribution < 1.29 is 0 Å². The van der Waals surface area contributed by atoms with Crippen LogP contribution in [0.1, 0.15) is 11.4 Å². The molecule has 0 aliphatic heterocycles. The van der Waals surface area contributed by atoms with Crippen LogP contribution in [-0.4, -0.2) is 9.97 Å². The summed E-state index contributed by atoms with van der Waals surface area (Å²) in [6.45, 7) is 3.86. The lowest BCUT2D eigenvalue weighted by Crippen LogP contribution is -2.10. The first kappa shape index (κ1) is 10.3. The van der Waals surface area contributed by atoms with Crippen LogP contribution < -0.4 is 11.3 Å². The SMILES string of the molecule is Cc1nc(NN)c2ccc(Br)c(C)c2n1. The molecule has 0 unspecified atom stereocenters. The smallest absolute Gasteiger partial charge is 0.151 e. The van der Waals surface area contributed by atoms with Gasteiger partial charge in [-0.05, 0) is 31.5 Å². The average molecular weight is 267 g/mol. The fourth-order valence-corrected chi connectivity index (χ4v) is 1.85. The van der Waals surface area contributed by atoms with Crippen LogP contribution in [0.25, 0.3) is 10.9 Å². The Morgan fingerprint density at radius 3 is 2.67 bits per heavy atom. The molecule has 0 saturated heterocycles. The molecule has 1 aromatic carbocycles. The Bertz CT molecular complexity index is 524. The van der Waals surface area contributed by atoms with Crippen LogP contribution in [0.15, 0.2) is 16.6 Å². The molecule has 0 aliphatic rings. The molecule has 0 bridgehead atoms. The summed E-state index contributed by atoms with van der Waals surface area (Å²) in [6.07, 6.45) is 0. The Morgan fingerprint density at radius 2 is 2.00 bits per heavy atom. The van der Waals surface area contributed by atoms with Gasteiger partial charge in [0.05, 0.1) is 5.52 Å². The van der Waals surface area contributed by atoms with E-state index in [1.54, 1.807) is 0 Å². The van der Waals surface area contributed by atoms with Gasteiger partial charge in [-0.1, -0.05) is 15.9 Å². The second-order valence-electron chi connectivity index (χ2n) is 3.33. The first-order chi connectivity index (χ1) is 7.13. The van der Waals surface area contributed by atoms with Crippen molar-refractivity contribution in [2.75, 3.05) is 5.43 Å². The van der Waals surface area contributed by atoms with Crippen molar-refractivity contribution >= 4 is 32.7 Å². The number of aryl methyl sites for hydroxylation is 2. The molecule has 3 N–H and O–H groups in total. The number of benzene rings is 1. The van der Waals surface area contributed by atoms with E-state index in [4.69, 9.17) is 5.84 Å². The largest absolute Gasteiger partial charge is 0.308 e. The highest BCUT2D eigenvalue weighted by atomic mass is 79.9. The van der Waals surface area contributed by atoms with Gasteiger partial charge in [0.15, 0.2) is 5.82 Å². The molecule has 2 aromatic rings. The van der Waals surface area contributed by atoms with Crippen molar-refractivity contribution in [3.63, 3.8) is 0 Å². The van der Waals surface area contributed by atoms with Crippen molar-refractivity contribution in [3.8, 4) is 0 Å². The van der Waals surface area contributed by atoms with Gasteiger partial charge in [0.25, 0.3) is 0 Å². The quantitative estimate of drug-likeness (QED) is 0.614. The molecule has 4 nitrogen and oxygen atoms in total. The summed E-state index contributed by atoms with van der Waals surface area (Å²) in [5.41, 5.74) is 4.60. The Balaban J connectivity index is 2.89. The topological polar surface area (TPSA) is 63.8 Å². The van der Waals surface area contributed by atoms with Gasteiger partial charge in [0.2, 0.25) is 0 Å². The third-order valence-corrected chi connectivity index (χ3v) is 3.16. The number of hydrazine groups is 1. The molecule has 0 spiro atoms. The molecule has 0 radical (unpaired) electrons. The average Bonchev–Trinajstić information content (AvgIpc) is 2.23. The van der Waals surface area contributed by atoms with Gasteiger partial charge in [0, 0.05) is 9.86 Å². The molecule has 0 saturated carbocycles. The van der Waals surface area contributed by atoms with Crippen LogP contribution in [-0.2, 0) is 0 Å². The van der Waals surface area contributed by atoms with Gasteiger partial charge >= 0.3 is 0 Å². The number of nitrogens with one attached hydrogen (secondary N) is 1. The molecular weight excluding hydrogens is 256 g/mol. The standard InChI is InChI=1S/C10H11BrN4/c1-5-8(11)4-3-7-9(5)13-6(2)14-10(7)15-12/h3-4H,12H2,1-2H3,(H,13,14,15). The normalized spacial score (nSPS) is 10.7. The Kier molecular flexibility index (Phi) is 2.58. The molecule has 0 fully saturated rings. The van der Waals surface area contributed by atoms with E-state index >= 15 is 0 Å². The molecule has 78 valence electrons. The zero-order valence-corrected chi connectivity index (χ0v) is 10.1. The molecule has 15 heavy (non-hydrogen) atoms. The highest BCUT2D eigenvalue weighted by Gasteiger charge is 2.08. The predicted octanol–water partition coefficient (Wildman–Crippen LogP) is 2.29. The summed E-state index contributed by atoms with van der Waals surface area (Å²) in [5.74, 6) is 6.79. The number of hydrogen-bond donors (Lipinski definition) is 2. The van der Waals surface area contributed by atoms with E-state index < -0.39 is 0 Å². The molecule has 0 atom stereocenters. The molecule has 1 heterocycles. The zero-order valence-electron chi connectivity index (χ0n) is 8.50. The van der Waals surface area contributed by atoms with E-state index in [1.807, 2.05) is 26.0 Å². The number of hydrogen-bond acceptors (Lipinski definition) is 4. The van der Waals surface area contributed by atoms with Crippen LogP contribution in [0, 0.1) is 13.8 Å². The lowest BCUT2D eigenvalue weighted by atomic mass is 10.1. The number of nitrogen functional groups attached to an aromatic ring is 1. The maximum atomic E-state index is 5.42. The highest BCUT2D eigenvalue weighted by Crippen LogP contribution is 2.27. The Labute approximate surface area is 96.0 Å². The third-order valence-electron chi connectivity index (χ3n) is 2.30. The van der Waals surface area contributed by atoms with Crippen molar-refractivity contribution in [3.05, 3.63) is 28.0 Å². The minimum atomic E-state index is 0.660. The summed E-state index contributed by atoms with van der Waals surface area (Å²) in [4.78, 5) is 8.64. The van der Waals surface area contributed by atoms with Gasteiger partial charge < -0.3 is 5.43 Å². The third kappa shape index (κ3) is 1.68. The van der Waals surface area contributed by atoms with E-state index in [-0.39, 0.29) is 0 Å². The summed E-state index contributed by atoms with van der Waals surface area (Å²) in [7, 11) is 0. The molecular formula is C10H11BrN4. The molecule has 0 aliphatic carbocycles. The van der Waals surface area contributed by atoms with E-state index in [9.17, 15) is 0 Å². The summed E-state index contributed by atoms with van der Waals surface area (Å²) >= 11 is 3.48. The van der Waals surface area contributed by atoms with E-state index in [0.29, 0.717) is 11.6 Å². The predicted molar refractivity (Wildman–Crippen MR) is 64.5 cm³/mol. The van der Waals surface area contributed by atoms with Gasteiger partial charge in [-0.3, -0.25) is 0 Å². The first-order valence-corrected chi connectivity index (χ1v) is 5.33. The first-order valence-electron chi connectivity index (χ1n) is 4.53. The van der Waals surface area contributed by atoms with Crippen LogP contribution in [0.5, 0.6) is 0 Å². The number of aromatic nitrogens is 2. The number of nitrogens with two attached hydrogens (primary N) is 1. The van der Waals surface area contributed by atoms with E-state index in [2.05, 4.69) is 31.3 Å². The molecule has 0 amide bonds. The highest BCUT2D eigenvalue weighted by molar-refractivity contribution is 9.10. The molecule has 5 heteroatoms. The van der Waals surface area contributed by atoms with Crippen LogP contribution in [0.4, 0.5) is 5.82 Å². The number of nitrogens with zero attached hydrogens (tertiary/aromatic N) is 2. The van der Waals surface area contributed by atoms with Crippen molar-refractivity contribution in [2.45, 2.75) is 13.8 Å². The zero-order chi connectivity index (χ0) is 11.0. The minimum absolute atomic E-state index is 0.660. The Morgan fingerprint density at radius 1 is 1.27 bits per heavy atom. The number of anilines is 1. The lowest BCUT2D eigenvalue weighted by molar-refractivity contribution is 1.07. The number of rotatable bonds is 1. The van der Waals surface area contributed by atoms with E-state index in [1.165, 1.54) is 0 Å². The minimum Gasteiger partial charge on any atom is -0.308 e. The molecule has 2 rings (SSSR count). The summed E-state index contributed by atoms with van der Waals surface area (Å²) in [5, 5.41) is 0.934. The van der Waals surface area contributed by atoms with Crippen molar-refractivity contribution in [2.24, 2.45) is 5.84 Å². The fraction of sp³-hybridized carbons (Fsp3) is 0.200. The van der Waals surface area contributed by atoms with Gasteiger partial charge in [0.1, 0.15) is 5.82 Å². The summed E-state index contributed by atoms with van der Waals surface area (Å²) < 4.78 is 1.04. The van der Waals surface area contributed by atoms with Gasteiger partial charge in [-0.15, -0.1) is 0 Å². The van der Waals surface area contributed by atoms with Crippen LogP contribution in [0.2, 0.25) is 0 Å². The lowest BCUT2D eigenvalue weighted by Gasteiger charge is -2.08. The van der Waals surface area contributed by atoms with E-state index in [0.717, 1.165) is 20.9 Å². The second kappa shape index (κ2) is 3.75. The van der Waals surface area contributed by atoms with Crippen molar-refractivity contribution in [1.29, 1.82) is 0 Å². The van der Waals surface area contributed by atoms with Gasteiger partial charge in [-0.2, -0.15) is 0 Å².